The van der Waals surface area contributed by atoms with Gasteiger partial charge in [0.2, 0.25) is 5.78 Å². The molecule has 0 aliphatic heterocycles. The van der Waals surface area contributed by atoms with Gasteiger partial charge in [-0.2, -0.15) is 5.10 Å². The molecule has 170 valence electrons. The minimum absolute atomic E-state index is 0.154. The van der Waals surface area contributed by atoms with Crippen LogP contribution in [0.5, 0.6) is 0 Å². The maximum absolute atomic E-state index is 13.3. The monoisotopic (exact) mass is 491 g/mol. The number of nitrogens with one attached hydrogen (secondary N) is 1. The van der Waals surface area contributed by atoms with Crippen LogP contribution in [0.3, 0.4) is 0 Å². The first kappa shape index (κ1) is 21.9. The molecule has 5 aromatic rings. The predicted molar refractivity (Wildman–Crippen MR) is 130 cm³/mol. The summed E-state index contributed by atoms with van der Waals surface area (Å²) in [6.45, 7) is 0.760. The topological polar surface area (TPSA) is 95.0 Å². The van der Waals surface area contributed by atoms with E-state index in [2.05, 4.69) is 15.4 Å². The Hall–Kier alpha value is -3.95. The summed E-state index contributed by atoms with van der Waals surface area (Å²) in [5.41, 5.74) is 0.934. The largest absolute Gasteiger partial charge is 0.461 e. The molecule has 0 aliphatic rings. The number of hydrogen-bond acceptors (Lipinski definition) is 7. The normalized spacial score (nSPS) is 11.0. The van der Waals surface area contributed by atoms with Crippen molar-refractivity contribution >= 4 is 34.5 Å². The fourth-order valence-electron chi connectivity index (χ4n) is 3.44. The first-order valence-corrected chi connectivity index (χ1v) is 11.5. The van der Waals surface area contributed by atoms with E-state index in [-0.39, 0.29) is 22.8 Å². The van der Waals surface area contributed by atoms with E-state index < -0.39 is 0 Å². The molecule has 0 amide bonds. The number of nitrogens with zero attached hydrogens (tertiary/aromatic N) is 4. The highest BCUT2D eigenvalue weighted by molar-refractivity contribution is 7.16. The van der Waals surface area contributed by atoms with Crippen molar-refractivity contribution in [2.24, 2.45) is 0 Å². The number of furan rings is 1. The van der Waals surface area contributed by atoms with Crippen LogP contribution in [-0.4, -0.2) is 25.1 Å². The average molecular weight is 492 g/mol. The third-order valence-corrected chi connectivity index (χ3v) is 6.28. The summed E-state index contributed by atoms with van der Waals surface area (Å²) >= 11 is 7.49. The first-order chi connectivity index (χ1) is 16.6. The summed E-state index contributed by atoms with van der Waals surface area (Å²) in [5, 5.41) is 7.72. The minimum atomic E-state index is -0.379. The summed E-state index contributed by atoms with van der Waals surface area (Å²) < 4.78 is 8.92. The lowest BCUT2D eigenvalue weighted by atomic mass is 10.2. The third kappa shape index (κ3) is 4.57. The van der Waals surface area contributed by atoms with Gasteiger partial charge in [-0.3, -0.25) is 14.6 Å². The lowest BCUT2D eigenvalue weighted by Crippen LogP contribution is -2.25. The van der Waals surface area contributed by atoms with Gasteiger partial charge in [-0.15, -0.1) is 11.3 Å². The Kier molecular flexibility index (Phi) is 6.11. The number of anilines is 1. The first-order valence-electron chi connectivity index (χ1n) is 10.3. The molecular formula is C24H18ClN5O3S. The van der Waals surface area contributed by atoms with Gasteiger partial charge in [0, 0.05) is 23.3 Å². The van der Waals surface area contributed by atoms with Gasteiger partial charge in [0.25, 0.3) is 5.56 Å². The van der Waals surface area contributed by atoms with E-state index in [4.69, 9.17) is 16.0 Å². The Bertz CT molecular complexity index is 1490. The number of ketones is 1. The number of aromatic nitrogens is 4. The second-order valence-corrected chi connectivity index (χ2v) is 9.14. The highest BCUT2D eigenvalue weighted by atomic mass is 35.5. The number of carbonyl (C=O) groups excluding carboxylic acids is 1. The molecule has 5 heterocycles. The SMILES string of the molecule is O=C(c1cc(NCc2ccc(Cl)s2)n(-c2cccn(Cc3ccccn3)c2=O)n1)c1ccco1. The van der Waals surface area contributed by atoms with Crippen molar-refractivity contribution in [2.45, 2.75) is 13.1 Å². The summed E-state index contributed by atoms with van der Waals surface area (Å²) in [7, 11) is 0. The molecule has 34 heavy (non-hydrogen) atoms. The van der Waals surface area contributed by atoms with Gasteiger partial charge in [-0.05, 0) is 48.5 Å². The van der Waals surface area contributed by atoms with Crippen LogP contribution in [-0.2, 0) is 13.1 Å². The van der Waals surface area contributed by atoms with Crippen molar-refractivity contribution < 1.29 is 9.21 Å². The maximum atomic E-state index is 13.3. The Morgan fingerprint density at radius 1 is 1.12 bits per heavy atom. The van der Waals surface area contributed by atoms with Crippen molar-refractivity contribution in [3.05, 3.63) is 116 Å². The quantitative estimate of drug-likeness (QED) is 0.318. The van der Waals surface area contributed by atoms with Crippen LogP contribution in [0.1, 0.15) is 26.8 Å². The summed E-state index contributed by atoms with van der Waals surface area (Å²) in [6.07, 6.45) is 4.81. The zero-order valence-corrected chi connectivity index (χ0v) is 19.3. The van der Waals surface area contributed by atoms with Crippen molar-refractivity contribution in [1.29, 1.82) is 0 Å². The number of carbonyl (C=O) groups is 1. The maximum Gasteiger partial charge on any atom is 0.276 e. The number of thiophene rings is 1. The van der Waals surface area contributed by atoms with Gasteiger partial charge in [0.15, 0.2) is 5.76 Å². The van der Waals surface area contributed by atoms with Crippen molar-refractivity contribution in [2.75, 3.05) is 5.32 Å². The second kappa shape index (κ2) is 9.50. The fourth-order valence-corrected chi connectivity index (χ4v) is 4.46. The molecule has 0 aliphatic carbocycles. The summed E-state index contributed by atoms with van der Waals surface area (Å²) in [5.74, 6) is 0.282. The average Bonchev–Trinajstić information content (AvgIpc) is 3.61. The smallest absolute Gasteiger partial charge is 0.276 e. The Balaban J connectivity index is 1.53. The van der Waals surface area contributed by atoms with Crippen LogP contribution in [0, 0.1) is 0 Å². The number of rotatable bonds is 8. The van der Waals surface area contributed by atoms with Gasteiger partial charge in [-0.1, -0.05) is 17.7 Å². The van der Waals surface area contributed by atoms with Gasteiger partial charge >= 0.3 is 0 Å². The zero-order valence-electron chi connectivity index (χ0n) is 17.7. The van der Waals surface area contributed by atoms with E-state index in [0.717, 1.165) is 10.6 Å². The number of hydrogen-bond donors (Lipinski definition) is 1. The molecule has 0 spiro atoms. The predicted octanol–water partition coefficient (Wildman–Crippen LogP) is 4.63. The minimum Gasteiger partial charge on any atom is -0.461 e. The van der Waals surface area contributed by atoms with E-state index in [1.165, 1.54) is 22.3 Å². The molecule has 10 heteroatoms. The molecule has 0 saturated heterocycles. The summed E-state index contributed by atoms with van der Waals surface area (Å²) in [4.78, 5) is 31.5. The van der Waals surface area contributed by atoms with E-state index >= 15 is 0 Å². The van der Waals surface area contributed by atoms with E-state index in [1.54, 1.807) is 47.3 Å². The van der Waals surface area contributed by atoms with Gasteiger partial charge < -0.3 is 14.3 Å². The third-order valence-electron chi connectivity index (χ3n) is 5.05. The van der Waals surface area contributed by atoms with Crippen LogP contribution >= 0.6 is 22.9 Å². The molecule has 8 nitrogen and oxygen atoms in total. The fraction of sp³-hybridized carbons (Fsp3) is 0.0833. The number of pyridine rings is 2. The van der Waals surface area contributed by atoms with Crippen molar-refractivity contribution in [3.63, 3.8) is 0 Å². The lowest BCUT2D eigenvalue weighted by molar-refractivity contribution is 0.100. The molecular weight excluding hydrogens is 474 g/mol. The van der Waals surface area contributed by atoms with Crippen LogP contribution in [0.15, 0.2) is 88.5 Å². The van der Waals surface area contributed by atoms with E-state index in [9.17, 15) is 9.59 Å². The van der Waals surface area contributed by atoms with E-state index in [1.807, 2.05) is 30.3 Å². The van der Waals surface area contributed by atoms with Gasteiger partial charge in [0.1, 0.15) is 17.2 Å². The molecule has 0 unspecified atom stereocenters. The van der Waals surface area contributed by atoms with Crippen molar-refractivity contribution in [1.82, 2.24) is 19.3 Å². The molecule has 0 fully saturated rings. The molecule has 0 radical (unpaired) electrons. The molecule has 0 saturated carbocycles. The molecule has 1 N–H and O–H groups in total. The lowest BCUT2D eigenvalue weighted by Gasteiger charge is -2.11. The standard InChI is InChI=1S/C24H18ClN5O3S/c25-21-9-8-17(34-21)14-27-22-13-18(23(31)20-7-4-12-33-20)28-30(22)19-6-3-11-29(24(19)32)15-16-5-1-2-10-26-16/h1-13,27H,14-15H2. The Labute approximate surface area is 203 Å². The van der Waals surface area contributed by atoms with Crippen LogP contribution in [0.2, 0.25) is 4.34 Å². The molecule has 5 aromatic heterocycles. The van der Waals surface area contributed by atoms with Gasteiger partial charge in [0.05, 0.1) is 29.4 Å². The van der Waals surface area contributed by atoms with E-state index in [0.29, 0.717) is 28.9 Å². The highest BCUT2D eigenvalue weighted by Gasteiger charge is 2.21. The van der Waals surface area contributed by atoms with Crippen LogP contribution in [0.4, 0.5) is 5.82 Å². The Morgan fingerprint density at radius 3 is 2.76 bits per heavy atom. The molecule has 5 rings (SSSR count). The highest BCUT2D eigenvalue weighted by Crippen LogP contribution is 2.24. The zero-order chi connectivity index (χ0) is 23.5. The van der Waals surface area contributed by atoms with Crippen molar-refractivity contribution in [3.8, 4) is 5.69 Å². The Morgan fingerprint density at radius 2 is 2.03 bits per heavy atom. The van der Waals surface area contributed by atoms with Crippen LogP contribution < -0.4 is 10.9 Å². The second-order valence-electron chi connectivity index (χ2n) is 7.34. The molecule has 0 atom stereocenters. The van der Waals surface area contributed by atoms with Crippen LogP contribution in [0.25, 0.3) is 5.69 Å². The summed E-state index contributed by atoms with van der Waals surface area (Å²) in [6, 6.07) is 17.5. The molecule has 0 bridgehead atoms. The molecule has 0 aromatic carbocycles. The van der Waals surface area contributed by atoms with Gasteiger partial charge in [-0.25, -0.2) is 4.68 Å². The number of halogens is 1.